The largest absolute Gasteiger partial charge is 0.493 e. The molecule has 0 bridgehead atoms. The summed E-state index contributed by atoms with van der Waals surface area (Å²) < 4.78 is 10.6. The highest BCUT2D eigenvalue weighted by atomic mass is 16.5. The second kappa shape index (κ2) is 8.73. The number of hydrogen-bond donors (Lipinski definition) is 1. The standard InChI is InChI=1S/C20H26N4O3/c1-23-9-11-24(12-10-23)18-8-7-15(13-21-18)14-22-20(25)16-5-4-6-17(26-2)19(16)27-3/h4-8,13H,9-12,14H2,1-3H3,(H,22,25). The fourth-order valence-corrected chi connectivity index (χ4v) is 3.09. The fraction of sp³-hybridized carbons (Fsp3) is 0.400. The number of nitrogens with one attached hydrogen (secondary N) is 1. The number of likely N-dealkylation sites (N-methyl/N-ethyl adjacent to an activating group) is 1. The molecule has 7 heteroatoms. The minimum absolute atomic E-state index is 0.214. The van der Waals surface area contributed by atoms with Gasteiger partial charge in [-0.15, -0.1) is 0 Å². The van der Waals surface area contributed by atoms with Gasteiger partial charge in [0.1, 0.15) is 5.82 Å². The summed E-state index contributed by atoms with van der Waals surface area (Å²) in [7, 11) is 5.20. The van der Waals surface area contributed by atoms with Crippen LogP contribution in [0.1, 0.15) is 15.9 Å². The molecule has 1 aliphatic heterocycles. The Hall–Kier alpha value is -2.80. The molecule has 1 amide bonds. The second-order valence-corrected chi connectivity index (χ2v) is 6.54. The number of aromatic nitrogens is 1. The SMILES string of the molecule is COc1cccc(C(=O)NCc2ccc(N3CCN(C)CC3)nc2)c1OC. The first kappa shape index (κ1) is 19.0. The Kier molecular flexibility index (Phi) is 6.13. The van der Waals surface area contributed by atoms with E-state index in [-0.39, 0.29) is 5.91 Å². The number of piperazine rings is 1. The van der Waals surface area contributed by atoms with Crippen molar-refractivity contribution in [2.45, 2.75) is 6.54 Å². The number of methoxy groups -OCH3 is 2. The third-order valence-corrected chi connectivity index (χ3v) is 4.74. The molecule has 7 nitrogen and oxygen atoms in total. The van der Waals surface area contributed by atoms with E-state index in [1.807, 2.05) is 18.3 Å². The zero-order chi connectivity index (χ0) is 19.2. The lowest BCUT2D eigenvalue weighted by molar-refractivity contribution is 0.0947. The van der Waals surface area contributed by atoms with Crippen molar-refractivity contribution in [3.63, 3.8) is 0 Å². The molecule has 3 rings (SSSR count). The highest BCUT2D eigenvalue weighted by molar-refractivity contribution is 5.97. The van der Waals surface area contributed by atoms with Crippen molar-refractivity contribution in [3.8, 4) is 11.5 Å². The monoisotopic (exact) mass is 370 g/mol. The summed E-state index contributed by atoms with van der Waals surface area (Å²) in [4.78, 5) is 21.7. The number of carbonyl (C=O) groups is 1. The van der Waals surface area contributed by atoms with E-state index in [1.165, 1.54) is 7.11 Å². The maximum Gasteiger partial charge on any atom is 0.255 e. The molecule has 1 saturated heterocycles. The Morgan fingerprint density at radius 2 is 1.89 bits per heavy atom. The first-order valence-electron chi connectivity index (χ1n) is 9.00. The lowest BCUT2D eigenvalue weighted by Crippen LogP contribution is -2.44. The van der Waals surface area contributed by atoms with E-state index >= 15 is 0 Å². The molecule has 0 saturated carbocycles. The molecule has 0 unspecified atom stereocenters. The van der Waals surface area contributed by atoms with E-state index in [4.69, 9.17) is 9.47 Å². The minimum Gasteiger partial charge on any atom is -0.493 e. The molecule has 27 heavy (non-hydrogen) atoms. The summed E-state index contributed by atoms with van der Waals surface area (Å²) in [6, 6.07) is 9.26. The van der Waals surface area contributed by atoms with Crippen LogP contribution in [0, 0.1) is 0 Å². The minimum atomic E-state index is -0.214. The summed E-state index contributed by atoms with van der Waals surface area (Å²) in [5.41, 5.74) is 1.39. The van der Waals surface area contributed by atoms with Crippen LogP contribution < -0.4 is 19.7 Å². The number of ether oxygens (including phenoxy) is 2. The molecule has 0 aliphatic carbocycles. The second-order valence-electron chi connectivity index (χ2n) is 6.54. The van der Waals surface area contributed by atoms with Gasteiger partial charge in [0.25, 0.3) is 5.91 Å². The maximum absolute atomic E-state index is 12.5. The predicted molar refractivity (Wildman–Crippen MR) is 105 cm³/mol. The van der Waals surface area contributed by atoms with Gasteiger partial charge in [0.05, 0.1) is 19.8 Å². The summed E-state index contributed by atoms with van der Waals surface area (Å²) in [5.74, 6) is 1.73. The van der Waals surface area contributed by atoms with Crippen molar-refractivity contribution in [3.05, 3.63) is 47.7 Å². The molecular formula is C20H26N4O3. The van der Waals surface area contributed by atoms with Gasteiger partial charge in [-0.1, -0.05) is 12.1 Å². The molecule has 0 radical (unpaired) electrons. The number of pyridine rings is 1. The van der Waals surface area contributed by atoms with Gasteiger partial charge >= 0.3 is 0 Å². The van der Waals surface area contributed by atoms with E-state index in [1.54, 1.807) is 25.3 Å². The van der Waals surface area contributed by atoms with Gasteiger partial charge in [-0.05, 0) is 30.8 Å². The number of hydrogen-bond acceptors (Lipinski definition) is 6. The first-order chi connectivity index (χ1) is 13.1. The van der Waals surface area contributed by atoms with Crippen molar-refractivity contribution in [1.29, 1.82) is 0 Å². The Bertz CT molecular complexity index is 771. The van der Waals surface area contributed by atoms with Gasteiger partial charge in [0.15, 0.2) is 11.5 Å². The number of amides is 1. The van der Waals surface area contributed by atoms with E-state index < -0.39 is 0 Å². The van der Waals surface area contributed by atoms with Crippen LogP contribution in [-0.2, 0) is 6.54 Å². The molecule has 1 N–H and O–H groups in total. The summed E-state index contributed by atoms with van der Waals surface area (Å²) in [5, 5.41) is 2.91. The van der Waals surface area contributed by atoms with Gasteiger partial charge < -0.3 is 24.6 Å². The molecule has 1 aromatic carbocycles. The molecular weight excluding hydrogens is 344 g/mol. The maximum atomic E-state index is 12.5. The fourth-order valence-electron chi connectivity index (χ4n) is 3.09. The molecule has 2 aromatic rings. The Morgan fingerprint density at radius 1 is 1.11 bits per heavy atom. The molecule has 1 aromatic heterocycles. The van der Waals surface area contributed by atoms with Gasteiger partial charge in [0, 0.05) is 38.9 Å². The Labute approximate surface area is 159 Å². The van der Waals surface area contributed by atoms with Crippen LogP contribution >= 0.6 is 0 Å². The van der Waals surface area contributed by atoms with Gasteiger partial charge in [-0.3, -0.25) is 4.79 Å². The normalized spacial score (nSPS) is 14.7. The molecule has 1 aliphatic rings. The van der Waals surface area contributed by atoms with Crippen molar-refractivity contribution in [1.82, 2.24) is 15.2 Å². The molecule has 0 spiro atoms. The molecule has 2 heterocycles. The van der Waals surface area contributed by atoms with Crippen molar-refractivity contribution in [2.24, 2.45) is 0 Å². The molecule has 144 valence electrons. The highest BCUT2D eigenvalue weighted by Crippen LogP contribution is 2.30. The predicted octanol–water partition coefficient (Wildman–Crippen LogP) is 1.78. The number of rotatable bonds is 6. The third kappa shape index (κ3) is 4.49. The van der Waals surface area contributed by atoms with Crippen LogP contribution in [-0.4, -0.2) is 63.2 Å². The van der Waals surface area contributed by atoms with Crippen molar-refractivity contribution in [2.75, 3.05) is 52.3 Å². The number of benzene rings is 1. The number of nitrogens with zero attached hydrogens (tertiary/aromatic N) is 3. The summed E-state index contributed by atoms with van der Waals surface area (Å²) >= 11 is 0. The van der Waals surface area contributed by atoms with Crippen LogP contribution in [0.4, 0.5) is 5.82 Å². The summed E-state index contributed by atoms with van der Waals surface area (Å²) in [6.07, 6.45) is 1.82. The lowest BCUT2D eigenvalue weighted by Gasteiger charge is -2.33. The highest BCUT2D eigenvalue weighted by Gasteiger charge is 2.17. The Morgan fingerprint density at radius 3 is 2.52 bits per heavy atom. The van der Waals surface area contributed by atoms with E-state index in [0.29, 0.717) is 23.6 Å². The average Bonchev–Trinajstić information content (AvgIpc) is 2.72. The number of carbonyl (C=O) groups excluding carboxylic acids is 1. The number of para-hydroxylation sites is 1. The van der Waals surface area contributed by atoms with Crippen molar-refractivity contribution < 1.29 is 14.3 Å². The molecule has 1 fully saturated rings. The Balaban J connectivity index is 1.61. The van der Waals surface area contributed by atoms with Gasteiger partial charge in [-0.25, -0.2) is 4.98 Å². The van der Waals surface area contributed by atoms with Crippen LogP contribution in [0.5, 0.6) is 11.5 Å². The quantitative estimate of drug-likeness (QED) is 0.836. The van der Waals surface area contributed by atoms with E-state index in [0.717, 1.165) is 37.6 Å². The lowest BCUT2D eigenvalue weighted by atomic mass is 10.1. The zero-order valence-corrected chi connectivity index (χ0v) is 16.1. The summed E-state index contributed by atoms with van der Waals surface area (Å²) in [6.45, 7) is 4.45. The van der Waals surface area contributed by atoms with Crippen LogP contribution in [0.3, 0.4) is 0 Å². The first-order valence-corrected chi connectivity index (χ1v) is 9.00. The topological polar surface area (TPSA) is 66.9 Å². The van der Waals surface area contributed by atoms with Crippen molar-refractivity contribution >= 4 is 11.7 Å². The smallest absolute Gasteiger partial charge is 0.255 e. The average molecular weight is 370 g/mol. The van der Waals surface area contributed by atoms with E-state index in [9.17, 15) is 4.79 Å². The van der Waals surface area contributed by atoms with Crippen LogP contribution in [0.25, 0.3) is 0 Å². The third-order valence-electron chi connectivity index (χ3n) is 4.74. The van der Waals surface area contributed by atoms with E-state index in [2.05, 4.69) is 27.1 Å². The van der Waals surface area contributed by atoms with Gasteiger partial charge in [0.2, 0.25) is 0 Å². The van der Waals surface area contributed by atoms with Gasteiger partial charge in [-0.2, -0.15) is 0 Å². The molecule has 0 atom stereocenters. The zero-order valence-electron chi connectivity index (χ0n) is 16.1. The van der Waals surface area contributed by atoms with Crippen LogP contribution in [0.15, 0.2) is 36.5 Å². The van der Waals surface area contributed by atoms with Crippen LogP contribution in [0.2, 0.25) is 0 Å². The number of anilines is 1.